The number of nitrogens with two attached hydrogens (primary N) is 1. The molecule has 0 saturated carbocycles. The summed E-state index contributed by atoms with van der Waals surface area (Å²) in [6, 6.07) is 18.9. The summed E-state index contributed by atoms with van der Waals surface area (Å²) >= 11 is 0. The van der Waals surface area contributed by atoms with Crippen LogP contribution in [0.2, 0.25) is 0 Å². The summed E-state index contributed by atoms with van der Waals surface area (Å²) in [6.07, 6.45) is -0.371. The molecule has 7 nitrogen and oxygen atoms in total. The first-order valence-electron chi connectivity index (χ1n) is 9.87. The number of carbonyl (C=O) groups excluding carboxylic acids is 2. The van der Waals surface area contributed by atoms with Crippen LogP contribution in [0.1, 0.15) is 27.9 Å². The number of amides is 1. The zero-order valence-electron chi connectivity index (χ0n) is 16.6. The minimum atomic E-state index is -1.95. The van der Waals surface area contributed by atoms with E-state index >= 15 is 0 Å². The maximum atomic E-state index is 13.4. The van der Waals surface area contributed by atoms with Crippen LogP contribution in [0.3, 0.4) is 0 Å². The minimum absolute atomic E-state index is 0.163. The number of rotatable bonds is 5. The number of fused-ring (bicyclic) bond motifs is 2. The molecule has 7 heteroatoms. The number of ether oxygens (including phenoxy) is 2. The molecule has 1 atom stereocenters. The second kappa shape index (κ2) is 7.14. The van der Waals surface area contributed by atoms with Gasteiger partial charge in [-0.05, 0) is 35.9 Å². The van der Waals surface area contributed by atoms with Crippen molar-refractivity contribution in [3.8, 4) is 11.5 Å². The first-order chi connectivity index (χ1) is 15.0. The molecule has 0 radical (unpaired) electrons. The molecular formula is C24H20N2O5. The molecule has 3 aromatic carbocycles. The molecular weight excluding hydrogens is 396 g/mol. The van der Waals surface area contributed by atoms with Gasteiger partial charge in [0.25, 0.3) is 5.91 Å². The van der Waals surface area contributed by atoms with Crippen LogP contribution in [0.4, 0.5) is 11.4 Å². The molecule has 0 bridgehead atoms. The molecule has 2 aliphatic heterocycles. The van der Waals surface area contributed by atoms with Gasteiger partial charge in [0, 0.05) is 16.8 Å². The van der Waals surface area contributed by atoms with Gasteiger partial charge in [-0.1, -0.05) is 36.4 Å². The monoisotopic (exact) mass is 416 g/mol. The highest BCUT2D eigenvalue weighted by molar-refractivity contribution is 6.10. The van der Waals surface area contributed by atoms with E-state index < -0.39 is 11.5 Å². The predicted molar refractivity (Wildman–Crippen MR) is 114 cm³/mol. The van der Waals surface area contributed by atoms with Gasteiger partial charge in [-0.3, -0.25) is 9.59 Å². The molecule has 5 rings (SSSR count). The van der Waals surface area contributed by atoms with E-state index in [-0.39, 0.29) is 25.5 Å². The van der Waals surface area contributed by atoms with Gasteiger partial charge in [0.05, 0.1) is 18.7 Å². The molecule has 31 heavy (non-hydrogen) atoms. The Morgan fingerprint density at radius 1 is 1.03 bits per heavy atom. The van der Waals surface area contributed by atoms with Crippen LogP contribution in [-0.4, -0.2) is 23.6 Å². The van der Waals surface area contributed by atoms with Gasteiger partial charge in [0.1, 0.15) is 0 Å². The summed E-state index contributed by atoms with van der Waals surface area (Å²) in [7, 11) is 0. The van der Waals surface area contributed by atoms with E-state index in [1.165, 1.54) is 4.90 Å². The van der Waals surface area contributed by atoms with Crippen molar-refractivity contribution in [1.29, 1.82) is 0 Å². The van der Waals surface area contributed by atoms with E-state index in [4.69, 9.17) is 15.2 Å². The van der Waals surface area contributed by atoms with Crippen molar-refractivity contribution in [2.75, 3.05) is 17.4 Å². The Labute approximate surface area is 178 Å². The van der Waals surface area contributed by atoms with Crippen LogP contribution in [0, 0.1) is 0 Å². The van der Waals surface area contributed by atoms with Crippen LogP contribution in [-0.2, 0) is 16.9 Å². The van der Waals surface area contributed by atoms with Crippen molar-refractivity contribution in [2.24, 2.45) is 0 Å². The maximum absolute atomic E-state index is 13.4. The zero-order chi connectivity index (χ0) is 21.6. The molecule has 0 spiro atoms. The first-order valence-corrected chi connectivity index (χ1v) is 9.87. The van der Waals surface area contributed by atoms with Crippen molar-refractivity contribution in [1.82, 2.24) is 0 Å². The Morgan fingerprint density at radius 2 is 1.84 bits per heavy atom. The molecule has 0 aromatic heterocycles. The average molecular weight is 416 g/mol. The number of aliphatic hydroxyl groups is 1. The quantitative estimate of drug-likeness (QED) is 0.490. The van der Waals surface area contributed by atoms with Crippen molar-refractivity contribution in [3.05, 3.63) is 83.4 Å². The van der Waals surface area contributed by atoms with E-state index in [1.807, 2.05) is 12.1 Å². The van der Waals surface area contributed by atoms with E-state index in [1.54, 1.807) is 54.6 Å². The lowest BCUT2D eigenvalue weighted by atomic mass is 9.88. The summed E-state index contributed by atoms with van der Waals surface area (Å²) in [5.74, 6) is 0.372. The second-order valence-corrected chi connectivity index (χ2v) is 7.68. The number of benzene rings is 3. The van der Waals surface area contributed by atoms with Gasteiger partial charge in [0.2, 0.25) is 6.79 Å². The van der Waals surface area contributed by atoms with E-state index in [2.05, 4.69) is 0 Å². The molecule has 0 saturated heterocycles. The SMILES string of the molecule is Nc1cccc(C(=O)CC2(O)C(=O)N(Cc3ccc4c(c3)OCO4)c3ccccc32)c1. The molecule has 3 N–H and O–H groups in total. The number of Topliss-reactive ketones (excluding diaryl/α,β-unsaturated/α-hetero) is 1. The fraction of sp³-hybridized carbons (Fsp3) is 0.167. The third-order valence-electron chi connectivity index (χ3n) is 5.64. The lowest BCUT2D eigenvalue weighted by molar-refractivity contribution is -0.136. The number of hydrogen-bond acceptors (Lipinski definition) is 6. The molecule has 2 aliphatic rings. The third kappa shape index (κ3) is 3.19. The number of nitrogen functional groups attached to an aromatic ring is 1. The van der Waals surface area contributed by atoms with Crippen LogP contribution in [0.5, 0.6) is 11.5 Å². The molecule has 1 unspecified atom stereocenters. The molecule has 0 fully saturated rings. The minimum Gasteiger partial charge on any atom is -0.454 e. The normalized spacial score (nSPS) is 18.9. The smallest absolute Gasteiger partial charge is 0.264 e. The summed E-state index contributed by atoms with van der Waals surface area (Å²) in [4.78, 5) is 27.8. The Hall–Kier alpha value is -3.84. The van der Waals surface area contributed by atoms with Gasteiger partial charge in [-0.2, -0.15) is 0 Å². The van der Waals surface area contributed by atoms with Crippen LogP contribution in [0.15, 0.2) is 66.7 Å². The zero-order valence-corrected chi connectivity index (χ0v) is 16.6. The highest BCUT2D eigenvalue weighted by Crippen LogP contribution is 2.44. The lowest BCUT2D eigenvalue weighted by Gasteiger charge is -2.23. The maximum Gasteiger partial charge on any atom is 0.264 e. The molecule has 2 heterocycles. The fourth-order valence-corrected chi connectivity index (χ4v) is 4.10. The van der Waals surface area contributed by atoms with E-state index in [0.29, 0.717) is 34.0 Å². The van der Waals surface area contributed by atoms with Gasteiger partial charge >= 0.3 is 0 Å². The second-order valence-electron chi connectivity index (χ2n) is 7.68. The average Bonchev–Trinajstić information content (AvgIpc) is 3.31. The lowest BCUT2D eigenvalue weighted by Crippen LogP contribution is -2.41. The number of nitrogens with zero attached hydrogens (tertiary/aromatic N) is 1. The van der Waals surface area contributed by atoms with Crippen LogP contribution < -0.4 is 20.1 Å². The van der Waals surface area contributed by atoms with Crippen molar-refractivity contribution < 1.29 is 24.2 Å². The predicted octanol–water partition coefficient (Wildman–Crippen LogP) is 3.00. The largest absolute Gasteiger partial charge is 0.454 e. The van der Waals surface area contributed by atoms with Gasteiger partial charge in [0.15, 0.2) is 22.9 Å². The number of anilines is 2. The Morgan fingerprint density at radius 3 is 2.68 bits per heavy atom. The number of hydrogen-bond donors (Lipinski definition) is 2. The Balaban J connectivity index is 1.47. The highest BCUT2D eigenvalue weighted by atomic mass is 16.7. The Bertz CT molecular complexity index is 1210. The van der Waals surface area contributed by atoms with Gasteiger partial charge in [-0.15, -0.1) is 0 Å². The van der Waals surface area contributed by atoms with Crippen molar-refractivity contribution >= 4 is 23.1 Å². The summed E-state index contributed by atoms with van der Waals surface area (Å²) < 4.78 is 10.8. The van der Waals surface area contributed by atoms with Gasteiger partial charge in [-0.25, -0.2) is 0 Å². The molecule has 3 aromatic rings. The topological polar surface area (TPSA) is 102 Å². The third-order valence-corrected chi connectivity index (χ3v) is 5.64. The first kappa shape index (κ1) is 19.1. The van der Waals surface area contributed by atoms with Gasteiger partial charge < -0.3 is 25.2 Å². The van der Waals surface area contributed by atoms with Crippen molar-refractivity contribution in [3.63, 3.8) is 0 Å². The summed E-state index contributed by atoms with van der Waals surface area (Å²) in [6.45, 7) is 0.386. The van der Waals surface area contributed by atoms with Crippen molar-refractivity contribution in [2.45, 2.75) is 18.6 Å². The van der Waals surface area contributed by atoms with Crippen LogP contribution in [0.25, 0.3) is 0 Å². The van der Waals surface area contributed by atoms with E-state index in [0.717, 1.165) is 5.56 Å². The summed E-state index contributed by atoms with van der Waals surface area (Å²) in [5.41, 5.74) is 6.44. The molecule has 0 aliphatic carbocycles. The Kier molecular flexibility index (Phi) is 4.41. The number of para-hydroxylation sites is 1. The fourth-order valence-electron chi connectivity index (χ4n) is 4.10. The molecule has 156 valence electrons. The number of carbonyl (C=O) groups is 2. The standard InChI is InChI=1S/C24H20N2O5/c25-17-5-3-4-16(11-17)20(27)12-24(29)18-6-1-2-7-19(18)26(23(24)28)13-15-8-9-21-22(10-15)31-14-30-21/h1-11,29H,12-14,25H2. The molecule has 1 amide bonds. The van der Waals surface area contributed by atoms with Crippen LogP contribution >= 0.6 is 0 Å². The number of ketones is 1. The van der Waals surface area contributed by atoms with E-state index in [9.17, 15) is 14.7 Å². The summed E-state index contributed by atoms with van der Waals surface area (Å²) in [5, 5.41) is 11.4. The highest BCUT2D eigenvalue weighted by Gasteiger charge is 2.50.